The van der Waals surface area contributed by atoms with Gasteiger partial charge in [-0.2, -0.15) is 5.10 Å². The first-order valence-electron chi connectivity index (χ1n) is 7.47. The van der Waals surface area contributed by atoms with Gasteiger partial charge in [-0.25, -0.2) is 4.79 Å². The highest BCUT2D eigenvalue weighted by molar-refractivity contribution is 5.98. The number of anilines is 1. The van der Waals surface area contributed by atoms with Gasteiger partial charge in [-0.15, -0.1) is 0 Å². The number of carbonyl (C=O) groups is 2. The highest BCUT2D eigenvalue weighted by Gasteiger charge is 2.22. The molecule has 1 N–H and O–H groups in total. The molecular weight excluding hydrogens is 328 g/mol. The van der Waals surface area contributed by atoms with Gasteiger partial charge in [-0.3, -0.25) is 19.6 Å². The number of carbonyl (C=O) groups excluding carboxylic acids is 2. The maximum atomic E-state index is 12.2. The minimum atomic E-state index is -1.04. The van der Waals surface area contributed by atoms with E-state index in [1.165, 1.54) is 31.2 Å². The summed E-state index contributed by atoms with van der Waals surface area (Å²) >= 11 is 0. The fourth-order valence-corrected chi connectivity index (χ4v) is 2.18. The lowest BCUT2D eigenvalue weighted by Crippen LogP contribution is -2.30. The Labute approximate surface area is 143 Å². The molecule has 0 aliphatic heterocycles. The average Bonchev–Trinajstić information content (AvgIpc) is 2.81. The Morgan fingerprint density at radius 1 is 1.28 bits per heavy atom. The summed E-state index contributed by atoms with van der Waals surface area (Å²) in [5, 5.41) is 17.5. The molecule has 1 aromatic heterocycles. The van der Waals surface area contributed by atoms with E-state index in [0.717, 1.165) is 5.69 Å². The van der Waals surface area contributed by atoms with Crippen molar-refractivity contribution in [3.63, 3.8) is 0 Å². The topological polar surface area (TPSA) is 116 Å². The van der Waals surface area contributed by atoms with Crippen LogP contribution in [0.5, 0.6) is 0 Å². The van der Waals surface area contributed by atoms with Crippen LogP contribution in [0.2, 0.25) is 0 Å². The summed E-state index contributed by atoms with van der Waals surface area (Å²) in [6.45, 7) is 5.01. The number of aryl methyl sites for hydroxylation is 2. The van der Waals surface area contributed by atoms with E-state index < -0.39 is 22.9 Å². The Bertz CT molecular complexity index is 826. The van der Waals surface area contributed by atoms with E-state index >= 15 is 0 Å². The molecule has 0 saturated carbocycles. The van der Waals surface area contributed by atoms with Crippen LogP contribution in [-0.4, -0.2) is 32.7 Å². The van der Waals surface area contributed by atoms with Gasteiger partial charge in [-0.1, -0.05) is 0 Å². The summed E-state index contributed by atoms with van der Waals surface area (Å²) in [7, 11) is 1.76. The Kier molecular flexibility index (Phi) is 5.16. The molecule has 0 bridgehead atoms. The van der Waals surface area contributed by atoms with Crippen LogP contribution < -0.4 is 5.32 Å². The van der Waals surface area contributed by atoms with Crippen LogP contribution in [0, 0.1) is 24.0 Å². The zero-order chi connectivity index (χ0) is 18.7. The standard InChI is InChI=1S/C16H18N4O5/c1-9-14(10(2)19(4)18-9)17-15(21)11(3)25-16(22)12-5-7-13(8-6-12)20(23)24/h5-8,11H,1-4H3,(H,17,21)/t11-/m0/s1. The van der Waals surface area contributed by atoms with Crippen molar-refractivity contribution in [2.45, 2.75) is 26.9 Å². The number of nitro benzene ring substituents is 1. The van der Waals surface area contributed by atoms with E-state index in [1.54, 1.807) is 18.7 Å². The third-order valence-electron chi connectivity index (χ3n) is 3.72. The Morgan fingerprint density at radius 3 is 2.36 bits per heavy atom. The number of hydrogen-bond acceptors (Lipinski definition) is 6. The van der Waals surface area contributed by atoms with Crippen molar-refractivity contribution in [3.05, 3.63) is 51.3 Å². The SMILES string of the molecule is Cc1nn(C)c(C)c1NC(=O)[C@H](C)OC(=O)c1ccc([N+](=O)[O-])cc1. The molecule has 0 aliphatic rings. The molecule has 1 aromatic carbocycles. The minimum absolute atomic E-state index is 0.124. The largest absolute Gasteiger partial charge is 0.449 e. The van der Waals surface area contributed by atoms with E-state index in [0.29, 0.717) is 11.4 Å². The van der Waals surface area contributed by atoms with Gasteiger partial charge in [0.05, 0.1) is 27.6 Å². The van der Waals surface area contributed by atoms with Gasteiger partial charge in [-0.05, 0) is 32.9 Å². The highest BCUT2D eigenvalue weighted by atomic mass is 16.6. The van der Waals surface area contributed by atoms with Crippen molar-refractivity contribution in [3.8, 4) is 0 Å². The Morgan fingerprint density at radius 2 is 1.88 bits per heavy atom. The molecule has 1 atom stereocenters. The quantitative estimate of drug-likeness (QED) is 0.503. The predicted molar refractivity (Wildman–Crippen MR) is 89.3 cm³/mol. The molecule has 9 heteroatoms. The number of ether oxygens (including phenoxy) is 1. The Balaban J connectivity index is 2.02. The van der Waals surface area contributed by atoms with E-state index in [4.69, 9.17) is 4.74 Å². The van der Waals surface area contributed by atoms with Crippen LogP contribution in [-0.2, 0) is 16.6 Å². The smallest absolute Gasteiger partial charge is 0.338 e. The number of hydrogen-bond donors (Lipinski definition) is 1. The van der Waals surface area contributed by atoms with Crippen molar-refractivity contribution in [2.24, 2.45) is 7.05 Å². The lowest BCUT2D eigenvalue weighted by atomic mass is 10.2. The molecule has 0 spiro atoms. The zero-order valence-electron chi connectivity index (χ0n) is 14.3. The molecule has 9 nitrogen and oxygen atoms in total. The molecule has 0 fully saturated rings. The molecule has 1 amide bonds. The van der Waals surface area contributed by atoms with Crippen molar-refractivity contribution >= 4 is 23.3 Å². The number of nitro groups is 1. The molecule has 0 aliphatic carbocycles. The van der Waals surface area contributed by atoms with Gasteiger partial charge < -0.3 is 10.1 Å². The van der Waals surface area contributed by atoms with E-state index in [9.17, 15) is 19.7 Å². The lowest BCUT2D eigenvalue weighted by Gasteiger charge is -2.13. The number of amides is 1. The second-order valence-electron chi connectivity index (χ2n) is 5.51. The van der Waals surface area contributed by atoms with E-state index in [1.807, 2.05) is 6.92 Å². The number of aromatic nitrogens is 2. The second kappa shape index (κ2) is 7.12. The van der Waals surface area contributed by atoms with Crippen LogP contribution in [0.15, 0.2) is 24.3 Å². The first-order valence-corrected chi connectivity index (χ1v) is 7.47. The fraction of sp³-hybridized carbons (Fsp3) is 0.312. The monoisotopic (exact) mass is 346 g/mol. The highest BCUT2D eigenvalue weighted by Crippen LogP contribution is 2.19. The van der Waals surface area contributed by atoms with E-state index in [-0.39, 0.29) is 11.3 Å². The van der Waals surface area contributed by atoms with Crippen molar-refractivity contribution in [1.82, 2.24) is 9.78 Å². The number of nitrogens with zero attached hydrogens (tertiary/aromatic N) is 3. The first kappa shape index (κ1) is 18.1. The normalized spacial score (nSPS) is 11.7. The predicted octanol–water partition coefficient (Wildman–Crippen LogP) is 2.13. The van der Waals surface area contributed by atoms with Crippen LogP contribution in [0.25, 0.3) is 0 Å². The zero-order valence-corrected chi connectivity index (χ0v) is 14.3. The number of rotatable bonds is 5. The molecule has 0 radical (unpaired) electrons. The molecule has 25 heavy (non-hydrogen) atoms. The average molecular weight is 346 g/mol. The summed E-state index contributed by atoms with van der Waals surface area (Å²) in [6.07, 6.45) is -1.04. The summed E-state index contributed by atoms with van der Waals surface area (Å²) < 4.78 is 6.75. The van der Waals surface area contributed by atoms with Gasteiger partial charge in [0.2, 0.25) is 0 Å². The molecular formula is C16H18N4O5. The Hall–Kier alpha value is -3.23. The van der Waals surface area contributed by atoms with Crippen LogP contribution in [0.3, 0.4) is 0 Å². The lowest BCUT2D eigenvalue weighted by molar-refractivity contribution is -0.384. The van der Waals surface area contributed by atoms with Gasteiger partial charge >= 0.3 is 5.97 Å². The van der Waals surface area contributed by atoms with Crippen LogP contribution in [0.4, 0.5) is 11.4 Å². The molecule has 0 unspecified atom stereocenters. The van der Waals surface area contributed by atoms with Crippen molar-refractivity contribution in [1.29, 1.82) is 0 Å². The first-order chi connectivity index (χ1) is 11.7. The third kappa shape index (κ3) is 4.00. The number of nitrogens with one attached hydrogen (secondary N) is 1. The van der Waals surface area contributed by atoms with Gasteiger partial charge in [0.25, 0.3) is 11.6 Å². The second-order valence-corrected chi connectivity index (χ2v) is 5.51. The fourth-order valence-electron chi connectivity index (χ4n) is 2.18. The van der Waals surface area contributed by atoms with E-state index in [2.05, 4.69) is 10.4 Å². The number of esters is 1. The maximum Gasteiger partial charge on any atom is 0.338 e. The molecule has 2 aromatic rings. The van der Waals surface area contributed by atoms with Gasteiger partial charge in [0.15, 0.2) is 6.10 Å². The minimum Gasteiger partial charge on any atom is -0.449 e. The maximum absolute atomic E-state index is 12.2. The van der Waals surface area contributed by atoms with Gasteiger partial charge in [0.1, 0.15) is 0 Å². The molecule has 2 rings (SSSR count). The number of benzene rings is 1. The molecule has 1 heterocycles. The van der Waals surface area contributed by atoms with Crippen molar-refractivity contribution < 1.29 is 19.2 Å². The molecule has 0 saturated heterocycles. The van der Waals surface area contributed by atoms with Crippen molar-refractivity contribution in [2.75, 3.05) is 5.32 Å². The van der Waals surface area contributed by atoms with Gasteiger partial charge in [0, 0.05) is 19.2 Å². The van der Waals surface area contributed by atoms with Crippen LogP contribution >= 0.6 is 0 Å². The summed E-state index contributed by atoms with van der Waals surface area (Å²) in [4.78, 5) is 34.3. The third-order valence-corrected chi connectivity index (χ3v) is 3.72. The molecule has 132 valence electrons. The summed E-state index contributed by atoms with van der Waals surface area (Å²) in [5.41, 5.74) is 2.00. The van der Waals surface area contributed by atoms with Crippen LogP contribution in [0.1, 0.15) is 28.7 Å². The summed E-state index contributed by atoms with van der Waals surface area (Å²) in [5.74, 6) is -1.23. The number of non-ortho nitro benzene ring substituents is 1. The summed E-state index contributed by atoms with van der Waals surface area (Å²) in [6, 6.07) is 4.95.